The molecule has 31 heavy (non-hydrogen) atoms. The molecule has 0 radical (unpaired) electrons. The summed E-state index contributed by atoms with van der Waals surface area (Å²) in [4.78, 5) is 11.3. The Kier molecular flexibility index (Phi) is 5.18. The van der Waals surface area contributed by atoms with Crippen LogP contribution < -0.4 is 10.2 Å². The lowest BCUT2D eigenvalue weighted by atomic mass is 10.1. The fraction of sp³-hybridized carbons (Fsp3) is 0.250. The highest BCUT2D eigenvalue weighted by Gasteiger charge is 2.25. The first-order valence-electron chi connectivity index (χ1n) is 10.4. The van der Waals surface area contributed by atoms with Crippen LogP contribution >= 0.6 is 0 Å². The molecule has 0 aliphatic carbocycles. The molecule has 3 aromatic heterocycles. The van der Waals surface area contributed by atoms with E-state index in [1.165, 1.54) is 0 Å². The van der Waals surface area contributed by atoms with E-state index in [2.05, 4.69) is 42.5 Å². The molecule has 1 saturated heterocycles. The normalized spacial score (nSPS) is 16.5. The Morgan fingerprint density at radius 2 is 1.84 bits per heavy atom. The quantitative estimate of drug-likeness (QED) is 0.534. The summed E-state index contributed by atoms with van der Waals surface area (Å²) in [6, 6.07) is 16.3. The molecule has 1 atom stereocenters. The van der Waals surface area contributed by atoms with Crippen LogP contribution in [0.15, 0.2) is 60.9 Å². The summed E-state index contributed by atoms with van der Waals surface area (Å²) in [5.41, 5.74) is 3.83. The Morgan fingerprint density at radius 1 is 0.968 bits per heavy atom. The zero-order chi connectivity index (χ0) is 21.2. The molecule has 4 heterocycles. The van der Waals surface area contributed by atoms with Crippen molar-refractivity contribution >= 4 is 28.1 Å². The Labute approximate surface area is 181 Å². The number of rotatable bonds is 4. The molecule has 0 bridgehead atoms. The highest BCUT2D eigenvalue weighted by Crippen LogP contribution is 2.30. The van der Waals surface area contributed by atoms with Gasteiger partial charge >= 0.3 is 0 Å². The van der Waals surface area contributed by atoms with E-state index in [1.54, 1.807) is 6.20 Å². The Hall–Kier alpha value is -3.58. The molecule has 0 spiro atoms. The molecule has 1 fully saturated rings. The van der Waals surface area contributed by atoms with E-state index in [1.807, 2.05) is 56.4 Å². The van der Waals surface area contributed by atoms with Crippen LogP contribution in [0.2, 0.25) is 0 Å². The topological polar surface area (TPSA) is 76.1 Å². The molecular formula is C24H24N6O. The van der Waals surface area contributed by atoms with Crippen LogP contribution in [0, 0.1) is 13.8 Å². The first-order valence-corrected chi connectivity index (χ1v) is 10.4. The third-order valence-corrected chi connectivity index (χ3v) is 5.61. The van der Waals surface area contributed by atoms with Gasteiger partial charge in [-0.15, -0.1) is 5.10 Å². The number of aryl methyl sites for hydroxylation is 2. The average Bonchev–Trinajstić information content (AvgIpc) is 2.82. The predicted molar refractivity (Wildman–Crippen MR) is 122 cm³/mol. The fourth-order valence-electron chi connectivity index (χ4n) is 3.90. The number of nitrogens with zero attached hydrogens (tertiary/aromatic N) is 5. The standard InChI is InChI=1S/C24H24N6O/c1-16-6-5-11-25-23(16)27-18-9-10-21(26-14-18)22-15-30(12-13-31-22)24-20-8-4-3-7-19(20)17(2)28-29-24/h3-11,14,22H,12-13,15H2,1-2H3,(H,25,27). The lowest BCUT2D eigenvalue weighted by Crippen LogP contribution is -2.39. The first kappa shape index (κ1) is 19.4. The van der Waals surface area contributed by atoms with Crippen molar-refractivity contribution in [3.8, 4) is 0 Å². The van der Waals surface area contributed by atoms with Crippen molar-refractivity contribution in [1.82, 2.24) is 20.2 Å². The van der Waals surface area contributed by atoms with Crippen molar-refractivity contribution in [2.45, 2.75) is 20.0 Å². The molecule has 1 N–H and O–H groups in total. The number of hydrogen-bond acceptors (Lipinski definition) is 7. The van der Waals surface area contributed by atoms with Crippen LogP contribution in [0.4, 0.5) is 17.3 Å². The molecule has 0 saturated carbocycles. The number of benzene rings is 1. The van der Waals surface area contributed by atoms with Gasteiger partial charge in [-0.1, -0.05) is 30.3 Å². The van der Waals surface area contributed by atoms with Crippen LogP contribution in [-0.4, -0.2) is 39.9 Å². The second kappa shape index (κ2) is 8.28. The smallest absolute Gasteiger partial charge is 0.159 e. The number of ether oxygens (including phenoxy) is 1. The molecule has 4 aromatic rings. The van der Waals surface area contributed by atoms with Crippen LogP contribution in [0.1, 0.15) is 23.1 Å². The minimum Gasteiger partial charge on any atom is -0.368 e. The van der Waals surface area contributed by atoms with Crippen LogP contribution in [-0.2, 0) is 4.74 Å². The Balaban J connectivity index is 1.35. The number of aromatic nitrogens is 4. The lowest BCUT2D eigenvalue weighted by molar-refractivity contribution is 0.0368. The largest absolute Gasteiger partial charge is 0.368 e. The van der Waals surface area contributed by atoms with Gasteiger partial charge in [0.15, 0.2) is 5.82 Å². The van der Waals surface area contributed by atoms with Crippen molar-refractivity contribution < 1.29 is 4.74 Å². The van der Waals surface area contributed by atoms with Gasteiger partial charge in [0.05, 0.1) is 36.4 Å². The monoisotopic (exact) mass is 412 g/mol. The van der Waals surface area contributed by atoms with E-state index >= 15 is 0 Å². The van der Waals surface area contributed by atoms with E-state index < -0.39 is 0 Å². The third-order valence-electron chi connectivity index (χ3n) is 5.61. The zero-order valence-corrected chi connectivity index (χ0v) is 17.6. The molecule has 0 amide bonds. The van der Waals surface area contributed by atoms with E-state index in [0.29, 0.717) is 13.2 Å². The number of hydrogen-bond donors (Lipinski definition) is 1. The van der Waals surface area contributed by atoms with Gasteiger partial charge in [-0.05, 0) is 37.6 Å². The van der Waals surface area contributed by atoms with E-state index in [0.717, 1.165) is 51.6 Å². The van der Waals surface area contributed by atoms with Gasteiger partial charge < -0.3 is 15.0 Å². The van der Waals surface area contributed by atoms with Crippen LogP contribution in [0.25, 0.3) is 10.8 Å². The van der Waals surface area contributed by atoms with Crippen molar-refractivity contribution in [3.63, 3.8) is 0 Å². The maximum absolute atomic E-state index is 6.04. The zero-order valence-electron chi connectivity index (χ0n) is 17.6. The van der Waals surface area contributed by atoms with Gasteiger partial charge in [-0.2, -0.15) is 5.10 Å². The van der Waals surface area contributed by atoms with Crippen LogP contribution in [0.3, 0.4) is 0 Å². The SMILES string of the molecule is Cc1cccnc1Nc1ccc(C2CN(c3nnc(C)c4ccccc34)CCO2)nc1. The van der Waals surface area contributed by atoms with Crippen molar-refractivity contribution in [2.75, 3.05) is 29.9 Å². The number of fused-ring (bicyclic) bond motifs is 1. The number of pyridine rings is 2. The van der Waals surface area contributed by atoms with Crippen molar-refractivity contribution in [1.29, 1.82) is 0 Å². The number of morpholine rings is 1. The fourth-order valence-corrected chi connectivity index (χ4v) is 3.90. The first-order chi connectivity index (χ1) is 15.2. The molecule has 5 rings (SSSR count). The molecule has 1 aromatic carbocycles. The highest BCUT2D eigenvalue weighted by atomic mass is 16.5. The molecule has 1 aliphatic heterocycles. The summed E-state index contributed by atoms with van der Waals surface area (Å²) in [5, 5.41) is 14.5. The predicted octanol–water partition coefficient (Wildman–Crippen LogP) is 4.36. The summed E-state index contributed by atoms with van der Waals surface area (Å²) in [5.74, 6) is 1.74. The number of anilines is 3. The second-order valence-corrected chi connectivity index (χ2v) is 7.73. The second-order valence-electron chi connectivity index (χ2n) is 7.73. The van der Waals surface area contributed by atoms with Gasteiger partial charge in [0.2, 0.25) is 0 Å². The summed E-state index contributed by atoms with van der Waals surface area (Å²) in [7, 11) is 0. The molecule has 1 aliphatic rings. The Bertz CT molecular complexity index is 1210. The lowest BCUT2D eigenvalue weighted by Gasteiger charge is -2.33. The maximum Gasteiger partial charge on any atom is 0.159 e. The third kappa shape index (κ3) is 3.92. The summed E-state index contributed by atoms with van der Waals surface area (Å²) in [6.45, 7) is 6.09. The Morgan fingerprint density at radius 3 is 2.65 bits per heavy atom. The summed E-state index contributed by atoms with van der Waals surface area (Å²) in [6.07, 6.45) is 3.48. The van der Waals surface area contributed by atoms with Crippen LogP contribution in [0.5, 0.6) is 0 Å². The number of nitrogens with one attached hydrogen (secondary N) is 1. The van der Waals surface area contributed by atoms with Gasteiger partial charge in [0.1, 0.15) is 11.9 Å². The van der Waals surface area contributed by atoms with Gasteiger partial charge in [0, 0.05) is 23.5 Å². The molecule has 1 unspecified atom stereocenters. The average molecular weight is 412 g/mol. The van der Waals surface area contributed by atoms with E-state index in [-0.39, 0.29) is 6.10 Å². The van der Waals surface area contributed by atoms with Crippen molar-refractivity contribution in [2.24, 2.45) is 0 Å². The van der Waals surface area contributed by atoms with Gasteiger partial charge in [-0.25, -0.2) is 4.98 Å². The minimum atomic E-state index is -0.124. The highest BCUT2D eigenvalue weighted by molar-refractivity contribution is 5.93. The van der Waals surface area contributed by atoms with Crippen molar-refractivity contribution in [3.05, 3.63) is 77.9 Å². The van der Waals surface area contributed by atoms with Gasteiger partial charge in [0.25, 0.3) is 0 Å². The molecular weight excluding hydrogens is 388 g/mol. The maximum atomic E-state index is 6.04. The molecule has 7 heteroatoms. The van der Waals surface area contributed by atoms with E-state index in [9.17, 15) is 0 Å². The summed E-state index contributed by atoms with van der Waals surface area (Å²) < 4.78 is 6.04. The summed E-state index contributed by atoms with van der Waals surface area (Å²) >= 11 is 0. The molecule has 156 valence electrons. The van der Waals surface area contributed by atoms with Gasteiger partial charge in [-0.3, -0.25) is 4.98 Å². The minimum absolute atomic E-state index is 0.124. The van der Waals surface area contributed by atoms with E-state index in [4.69, 9.17) is 4.74 Å². The molecule has 7 nitrogen and oxygen atoms in total.